The lowest BCUT2D eigenvalue weighted by Gasteiger charge is -2.43. The molecule has 1 aliphatic carbocycles. The number of nitrogens with zero attached hydrogens (tertiary/aromatic N) is 1. The highest BCUT2D eigenvalue weighted by Gasteiger charge is 2.41. The molecule has 1 aliphatic heterocycles. The smallest absolute Gasteiger partial charge is 0.245 e. The SMILES string of the molecule is CC(C)CC1NC(=O)C(CC(C)C)N(CC2CCC2)C1=O. The summed E-state index contributed by atoms with van der Waals surface area (Å²) in [5.74, 6) is 1.62. The van der Waals surface area contributed by atoms with Gasteiger partial charge in [0, 0.05) is 6.54 Å². The van der Waals surface area contributed by atoms with Crippen LogP contribution in [-0.4, -0.2) is 35.3 Å². The maximum Gasteiger partial charge on any atom is 0.245 e. The van der Waals surface area contributed by atoms with Crippen LogP contribution in [0, 0.1) is 17.8 Å². The van der Waals surface area contributed by atoms with Crippen LogP contribution in [0.3, 0.4) is 0 Å². The molecule has 0 bridgehead atoms. The Morgan fingerprint density at radius 1 is 1.10 bits per heavy atom. The van der Waals surface area contributed by atoms with Crippen molar-refractivity contribution in [3.63, 3.8) is 0 Å². The summed E-state index contributed by atoms with van der Waals surface area (Å²) in [4.78, 5) is 27.1. The molecule has 4 nitrogen and oxygen atoms in total. The van der Waals surface area contributed by atoms with Gasteiger partial charge < -0.3 is 10.2 Å². The Labute approximate surface area is 128 Å². The third-order valence-electron chi connectivity index (χ3n) is 4.66. The quantitative estimate of drug-likeness (QED) is 0.818. The molecule has 2 aliphatic rings. The van der Waals surface area contributed by atoms with Gasteiger partial charge in [-0.15, -0.1) is 0 Å². The van der Waals surface area contributed by atoms with Gasteiger partial charge in [-0.1, -0.05) is 34.1 Å². The Bertz CT molecular complexity index is 388. The largest absolute Gasteiger partial charge is 0.342 e. The molecule has 1 heterocycles. The molecule has 1 saturated heterocycles. The fraction of sp³-hybridized carbons (Fsp3) is 0.882. The van der Waals surface area contributed by atoms with E-state index in [0.29, 0.717) is 17.8 Å². The Hall–Kier alpha value is -1.06. The predicted molar refractivity (Wildman–Crippen MR) is 83.7 cm³/mol. The molecular weight excluding hydrogens is 264 g/mol. The number of piperazine rings is 1. The zero-order valence-electron chi connectivity index (χ0n) is 13.9. The first-order chi connectivity index (χ1) is 9.88. The van der Waals surface area contributed by atoms with E-state index in [4.69, 9.17) is 0 Å². The molecule has 2 atom stereocenters. The molecule has 21 heavy (non-hydrogen) atoms. The van der Waals surface area contributed by atoms with Crippen molar-refractivity contribution in [1.82, 2.24) is 10.2 Å². The number of amides is 2. The molecule has 0 aromatic carbocycles. The first kappa shape index (κ1) is 16.3. The van der Waals surface area contributed by atoms with Crippen molar-refractivity contribution in [2.45, 2.75) is 71.9 Å². The Morgan fingerprint density at radius 2 is 1.71 bits per heavy atom. The van der Waals surface area contributed by atoms with Crippen LogP contribution < -0.4 is 5.32 Å². The second kappa shape index (κ2) is 6.80. The molecule has 0 spiro atoms. The van der Waals surface area contributed by atoms with Crippen molar-refractivity contribution in [3.8, 4) is 0 Å². The maximum absolute atomic E-state index is 12.8. The van der Waals surface area contributed by atoms with Gasteiger partial charge >= 0.3 is 0 Å². The molecular formula is C17H30N2O2. The van der Waals surface area contributed by atoms with Gasteiger partial charge in [0.15, 0.2) is 0 Å². The normalized spacial score (nSPS) is 27.2. The van der Waals surface area contributed by atoms with E-state index in [0.717, 1.165) is 19.4 Å². The molecule has 2 unspecified atom stereocenters. The number of rotatable bonds is 6. The summed E-state index contributed by atoms with van der Waals surface area (Å²) in [5.41, 5.74) is 0. The predicted octanol–water partition coefficient (Wildman–Crippen LogP) is 2.57. The van der Waals surface area contributed by atoms with E-state index in [1.54, 1.807) is 0 Å². The Balaban J connectivity index is 2.12. The number of nitrogens with one attached hydrogen (secondary N) is 1. The minimum Gasteiger partial charge on any atom is -0.342 e. The first-order valence-corrected chi connectivity index (χ1v) is 8.49. The van der Waals surface area contributed by atoms with Crippen molar-refractivity contribution in [2.24, 2.45) is 17.8 Å². The van der Waals surface area contributed by atoms with Gasteiger partial charge in [-0.2, -0.15) is 0 Å². The highest BCUT2D eigenvalue weighted by Crippen LogP contribution is 2.30. The minimum absolute atomic E-state index is 0.0493. The fourth-order valence-corrected chi connectivity index (χ4v) is 3.31. The van der Waals surface area contributed by atoms with E-state index in [2.05, 4.69) is 33.0 Å². The molecule has 2 rings (SSSR count). The summed E-state index contributed by atoms with van der Waals surface area (Å²) in [5, 5.41) is 2.96. The zero-order chi connectivity index (χ0) is 15.6. The standard InChI is InChI=1S/C17H30N2O2/c1-11(2)8-14-17(21)19(10-13-6-5-7-13)15(9-12(3)4)16(20)18-14/h11-15H,5-10H2,1-4H3,(H,18,20). The minimum atomic E-state index is -0.319. The monoisotopic (exact) mass is 294 g/mol. The lowest BCUT2D eigenvalue weighted by Crippen LogP contribution is -2.64. The number of carbonyl (C=O) groups excluding carboxylic acids is 2. The summed E-state index contributed by atoms with van der Waals surface area (Å²) in [7, 11) is 0. The first-order valence-electron chi connectivity index (χ1n) is 8.49. The van der Waals surface area contributed by atoms with Gasteiger partial charge in [0.05, 0.1) is 0 Å². The van der Waals surface area contributed by atoms with Crippen LogP contribution in [0.5, 0.6) is 0 Å². The van der Waals surface area contributed by atoms with Gasteiger partial charge in [0.2, 0.25) is 11.8 Å². The molecule has 2 fully saturated rings. The topological polar surface area (TPSA) is 49.4 Å². The molecule has 120 valence electrons. The van der Waals surface area contributed by atoms with E-state index in [1.807, 2.05) is 4.90 Å². The van der Waals surface area contributed by atoms with E-state index >= 15 is 0 Å². The van der Waals surface area contributed by atoms with E-state index in [-0.39, 0.29) is 23.9 Å². The van der Waals surface area contributed by atoms with Gasteiger partial charge in [-0.25, -0.2) is 0 Å². The van der Waals surface area contributed by atoms with Gasteiger partial charge in [0.25, 0.3) is 0 Å². The van der Waals surface area contributed by atoms with Gasteiger partial charge in [-0.05, 0) is 43.4 Å². The van der Waals surface area contributed by atoms with Crippen molar-refractivity contribution in [2.75, 3.05) is 6.54 Å². The zero-order valence-corrected chi connectivity index (χ0v) is 13.9. The Morgan fingerprint density at radius 3 is 2.19 bits per heavy atom. The van der Waals surface area contributed by atoms with Crippen LogP contribution in [0.2, 0.25) is 0 Å². The van der Waals surface area contributed by atoms with E-state index in [1.165, 1.54) is 19.3 Å². The lowest BCUT2D eigenvalue weighted by molar-refractivity contribution is -0.151. The molecule has 0 radical (unpaired) electrons. The van der Waals surface area contributed by atoms with Gasteiger partial charge in [0.1, 0.15) is 12.1 Å². The molecule has 1 saturated carbocycles. The van der Waals surface area contributed by atoms with E-state index < -0.39 is 0 Å². The summed E-state index contributed by atoms with van der Waals surface area (Å²) in [6.07, 6.45) is 5.17. The van der Waals surface area contributed by atoms with E-state index in [9.17, 15) is 9.59 Å². The van der Waals surface area contributed by atoms with Crippen molar-refractivity contribution < 1.29 is 9.59 Å². The summed E-state index contributed by atoms with van der Waals surface area (Å²) >= 11 is 0. The highest BCUT2D eigenvalue weighted by molar-refractivity contribution is 5.97. The van der Waals surface area contributed by atoms with Crippen molar-refractivity contribution in [3.05, 3.63) is 0 Å². The summed E-state index contributed by atoms with van der Waals surface area (Å²) in [6, 6.07) is -0.581. The number of carbonyl (C=O) groups is 2. The maximum atomic E-state index is 12.8. The average Bonchev–Trinajstić information content (AvgIpc) is 2.31. The van der Waals surface area contributed by atoms with Gasteiger partial charge in [-0.3, -0.25) is 9.59 Å². The Kier molecular flexibility index (Phi) is 5.28. The van der Waals surface area contributed by atoms with Crippen LogP contribution in [0.4, 0.5) is 0 Å². The molecule has 0 aromatic heterocycles. The molecule has 0 aromatic rings. The number of hydrogen-bond acceptors (Lipinski definition) is 2. The third-order valence-corrected chi connectivity index (χ3v) is 4.66. The van der Waals surface area contributed by atoms with Crippen LogP contribution in [0.25, 0.3) is 0 Å². The summed E-state index contributed by atoms with van der Waals surface area (Å²) in [6.45, 7) is 9.18. The van der Waals surface area contributed by atoms with Crippen LogP contribution >= 0.6 is 0 Å². The van der Waals surface area contributed by atoms with Crippen LogP contribution in [0.15, 0.2) is 0 Å². The second-order valence-electron chi connectivity index (χ2n) is 7.62. The van der Waals surface area contributed by atoms with Crippen LogP contribution in [0.1, 0.15) is 59.8 Å². The third kappa shape index (κ3) is 3.98. The lowest BCUT2D eigenvalue weighted by atomic mass is 9.83. The number of hydrogen-bond donors (Lipinski definition) is 1. The fourth-order valence-electron chi connectivity index (χ4n) is 3.31. The average molecular weight is 294 g/mol. The molecule has 2 amide bonds. The summed E-state index contributed by atoms with van der Waals surface area (Å²) < 4.78 is 0. The van der Waals surface area contributed by atoms with Crippen molar-refractivity contribution in [1.29, 1.82) is 0 Å². The molecule has 1 N–H and O–H groups in total. The van der Waals surface area contributed by atoms with Crippen molar-refractivity contribution >= 4 is 11.8 Å². The molecule has 4 heteroatoms. The second-order valence-corrected chi connectivity index (χ2v) is 7.62. The highest BCUT2D eigenvalue weighted by atomic mass is 16.2. The van der Waals surface area contributed by atoms with Crippen LogP contribution in [-0.2, 0) is 9.59 Å².